The molecule has 0 radical (unpaired) electrons. The summed E-state index contributed by atoms with van der Waals surface area (Å²) in [4.78, 5) is 67.4. The van der Waals surface area contributed by atoms with E-state index in [0.29, 0.717) is 5.16 Å². The summed E-state index contributed by atoms with van der Waals surface area (Å²) in [6.07, 6.45) is 2.50. The zero-order chi connectivity index (χ0) is 30.1. The number of pyridine rings is 1. The molecule has 5 N–H and O–H groups in total. The third kappa shape index (κ3) is 5.40. The van der Waals surface area contributed by atoms with Gasteiger partial charge in [-0.1, -0.05) is 23.9 Å². The number of fused-ring (bicyclic) bond motifs is 1. The topological polar surface area (TPSA) is 230 Å². The Kier molecular flexibility index (Phi) is 7.90. The van der Waals surface area contributed by atoms with E-state index in [9.17, 15) is 38.4 Å². The summed E-state index contributed by atoms with van der Waals surface area (Å²) in [6, 6.07) is 3.65. The number of aromatic nitrogens is 5. The number of H-pyrrole nitrogens is 1. The summed E-state index contributed by atoms with van der Waals surface area (Å²) in [7, 11) is -0.190. The van der Waals surface area contributed by atoms with Crippen LogP contribution in [0.1, 0.15) is 22.0 Å². The molecular formula is C24H22N8O8S2. The number of amides is 3. The van der Waals surface area contributed by atoms with Crippen LogP contribution in [0.3, 0.4) is 0 Å². The Labute approximate surface area is 242 Å². The molecule has 5 rings (SSSR count). The first-order valence-corrected chi connectivity index (χ1v) is 14.5. The van der Waals surface area contributed by atoms with Crippen LogP contribution in [0.5, 0.6) is 5.75 Å². The maximum Gasteiger partial charge on any atom is 0.352 e. The van der Waals surface area contributed by atoms with Crippen LogP contribution in [0.15, 0.2) is 63.9 Å². The first kappa shape index (κ1) is 28.7. The number of aromatic amines is 1. The summed E-state index contributed by atoms with van der Waals surface area (Å²) in [5.41, 5.74) is -0.749. The highest BCUT2D eigenvalue weighted by Crippen LogP contribution is 2.36. The predicted molar refractivity (Wildman–Crippen MR) is 145 cm³/mol. The number of β-lactam (4-membered cyclic amide) rings is 1. The Bertz CT molecular complexity index is 1700. The number of carbonyl (C=O) groups excluding carboxylic acids is 3. The molecule has 1 saturated heterocycles. The maximum absolute atomic E-state index is 13.5. The second kappa shape index (κ2) is 11.6. The smallest absolute Gasteiger partial charge is 0.352 e. The minimum absolute atomic E-state index is 0.0582. The molecule has 2 aliphatic heterocycles. The molecule has 2 aromatic heterocycles. The van der Waals surface area contributed by atoms with Crippen LogP contribution in [-0.4, -0.2) is 91.1 Å². The van der Waals surface area contributed by atoms with Gasteiger partial charge >= 0.3 is 5.97 Å². The zero-order valence-corrected chi connectivity index (χ0v) is 23.2. The number of thioether (sulfide) groups is 1. The summed E-state index contributed by atoms with van der Waals surface area (Å²) in [5, 5.41) is 34.8. The van der Waals surface area contributed by atoms with E-state index < -0.39 is 57.4 Å². The number of rotatable bonds is 9. The Balaban J connectivity index is 1.37. The number of phenolic OH excluding ortho intramolecular Hbond substituents is 1. The van der Waals surface area contributed by atoms with E-state index in [1.165, 1.54) is 41.3 Å². The second-order valence-electron chi connectivity index (χ2n) is 9.16. The zero-order valence-electron chi connectivity index (χ0n) is 21.6. The van der Waals surface area contributed by atoms with Crippen molar-refractivity contribution < 1.29 is 33.6 Å². The number of hydrogen-bond acceptors (Lipinski definition) is 11. The van der Waals surface area contributed by atoms with Gasteiger partial charge in [-0.25, -0.2) is 9.48 Å². The van der Waals surface area contributed by atoms with Gasteiger partial charge in [0.1, 0.15) is 34.5 Å². The lowest BCUT2D eigenvalue weighted by molar-refractivity contribution is -0.151. The van der Waals surface area contributed by atoms with Crippen molar-refractivity contribution in [3.63, 3.8) is 0 Å². The van der Waals surface area contributed by atoms with Crippen molar-refractivity contribution in [3.8, 4) is 5.75 Å². The molecule has 3 aromatic rings. The average molecular weight is 615 g/mol. The molecule has 42 heavy (non-hydrogen) atoms. The Hall–Kier alpha value is -4.84. The fourth-order valence-electron chi connectivity index (χ4n) is 4.47. The van der Waals surface area contributed by atoms with Crippen molar-refractivity contribution in [2.75, 3.05) is 11.5 Å². The first-order chi connectivity index (χ1) is 20.1. The number of phenols is 1. The van der Waals surface area contributed by atoms with Gasteiger partial charge < -0.3 is 25.8 Å². The number of nitrogens with one attached hydrogen (secondary N) is 3. The SMILES string of the molecule is Cn1nnnc1SCC1=C(C(=O)O)N2C(=O)C(NC(=O)C(NC(=O)c3c[nH]ccc3=O)c3ccc(O)cc3)C2S(=O)C1. The quantitative estimate of drug-likeness (QED) is 0.139. The molecule has 18 heteroatoms. The Morgan fingerprint density at radius 3 is 2.60 bits per heavy atom. The molecule has 0 aliphatic carbocycles. The minimum atomic E-state index is -1.79. The summed E-state index contributed by atoms with van der Waals surface area (Å²) < 4.78 is 14.6. The van der Waals surface area contributed by atoms with Crippen LogP contribution in [0, 0.1) is 0 Å². The molecule has 3 amide bonds. The number of aryl methyl sites for hydroxylation is 1. The number of carboxylic acids is 1. The number of aliphatic carboxylic acids is 1. The van der Waals surface area contributed by atoms with Crippen LogP contribution < -0.4 is 16.1 Å². The van der Waals surface area contributed by atoms with Crippen LogP contribution in [-0.2, 0) is 32.2 Å². The van der Waals surface area contributed by atoms with Gasteiger partial charge in [0.25, 0.3) is 11.8 Å². The lowest BCUT2D eigenvalue weighted by atomic mass is 10.0. The number of hydrogen-bond donors (Lipinski definition) is 5. The maximum atomic E-state index is 13.5. The van der Waals surface area contributed by atoms with Crippen molar-refractivity contribution in [2.45, 2.75) is 22.6 Å². The third-order valence-corrected chi connectivity index (χ3v) is 9.25. The van der Waals surface area contributed by atoms with Crippen molar-refractivity contribution in [1.82, 2.24) is 40.7 Å². The van der Waals surface area contributed by atoms with Gasteiger partial charge in [0.05, 0.1) is 16.6 Å². The molecule has 0 spiro atoms. The highest BCUT2D eigenvalue weighted by Gasteiger charge is 2.57. The molecule has 0 bridgehead atoms. The van der Waals surface area contributed by atoms with Crippen LogP contribution in [0.2, 0.25) is 0 Å². The number of carbonyl (C=O) groups is 4. The number of carboxylic acid groups (broad SMARTS) is 1. The van der Waals surface area contributed by atoms with E-state index in [4.69, 9.17) is 0 Å². The van der Waals surface area contributed by atoms with E-state index in [1.54, 1.807) is 7.05 Å². The Morgan fingerprint density at radius 1 is 1.21 bits per heavy atom. The van der Waals surface area contributed by atoms with E-state index in [0.717, 1.165) is 22.7 Å². The molecule has 218 valence electrons. The molecule has 16 nitrogen and oxygen atoms in total. The summed E-state index contributed by atoms with van der Waals surface area (Å²) >= 11 is 1.11. The molecule has 0 saturated carbocycles. The van der Waals surface area contributed by atoms with Gasteiger partial charge in [0.15, 0.2) is 5.43 Å². The van der Waals surface area contributed by atoms with Gasteiger partial charge in [-0.2, -0.15) is 0 Å². The van der Waals surface area contributed by atoms with E-state index in [1.807, 2.05) is 0 Å². The highest BCUT2D eigenvalue weighted by molar-refractivity contribution is 7.99. The first-order valence-electron chi connectivity index (χ1n) is 12.1. The largest absolute Gasteiger partial charge is 0.508 e. The number of aromatic hydroxyl groups is 1. The average Bonchev–Trinajstić information content (AvgIpc) is 3.37. The van der Waals surface area contributed by atoms with Gasteiger partial charge in [-0.15, -0.1) is 5.10 Å². The predicted octanol–water partition coefficient (Wildman–Crippen LogP) is -1.38. The van der Waals surface area contributed by atoms with Crippen LogP contribution in [0.25, 0.3) is 0 Å². The fourth-order valence-corrected chi connectivity index (χ4v) is 7.14. The monoisotopic (exact) mass is 614 g/mol. The van der Waals surface area contributed by atoms with Crippen LogP contribution >= 0.6 is 11.8 Å². The molecule has 1 aromatic carbocycles. The Morgan fingerprint density at radius 2 is 1.95 bits per heavy atom. The van der Waals surface area contributed by atoms with Crippen molar-refractivity contribution in [1.29, 1.82) is 0 Å². The van der Waals surface area contributed by atoms with Crippen molar-refractivity contribution in [3.05, 3.63) is 75.3 Å². The van der Waals surface area contributed by atoms with Gasteiger partial charge in [-0.05, 0) is 33.7 Å². The summed E-state index contributed by atoms with van der Waals surface area (Å²) in [6.45, 7) is 0. The number of nitrogens with zero attached hydrogens (tertiary/aromatic N) is 5. The van der Waals surface area contributed by atoms with Gasteiger partial charge in [-0.3, -0.25) is 28.3 Å². The fraction of sp³-hybridized carbons (Fsp3) is 0.250. The van der Waals surface area contributed by atoms with Crippen molar-refractivity contribution in [2.24, 2.45) is 7.05 Å². The minimum Gasteiger partial charge on any atom is -0.508 e. The molecule has 4 heterocycles. The lowest BCUT2D eigenvalue weighted by Gasteiger charge is -2.49. The third-order valence-electron chi connectivity index (χ3n) is 6.49. The highest BCUT2D eigenvalue weighted by atomic mass is 32.2. The summed E-state index contributed by atoms with van der Waals surface area (Å²) in [5.74, 6) is -4.18. The van der Waals surface area contributed by atoms with E-state index >= 15 is 0 Å². The van der Waals surface area contributed by atoms with Gasteiger partial charge in [0, 0.05) is 31.3 Å². The van der Waals surface area contributed by atoms with Crippen molar-refractivity contribution >= 4 is 46.3 Å². The molecule has 1 fully saturated rings. The van der Waals surface area contributed by atoms with E-state index in [2.05, 4.69) is 31.1 Å². The second-order valence-corrected chi connectivity index (χ2v) is 11.6. The standard InChI is InChI=1S/C24H22N8O8S2/c1-31-24(28-29-30-31)41-9-12-10-42(40)22-17(21(37)32(22)18(12)23(38)39)27-20(36)16(11-2-4-13(33)5-3-11)26-19(35)14-8-25-7-6-15(14)34/h2-8,16-17,22,33H,9-10H2,1H3,(H,25,34)(H,26,35)(H,27,36)(H,38,39). The molecular weight excluding hydrogens is 592 g/mol. The number of tetrazole rings is 1. The van der Waals surface area contributed by atoms with Gasteiger partial charge in [0.2, 0.25) is 11.1 Å². The van der Waals surface area contributed by atoms with Crippen LogP contribution in [0.4, 0.5) is 0 Å². The van der Waals surface area contributed by atoms with E-state index in [-0.39, 0.29) is 39.7 Å². The lowest BCUT2D eigenvalue weighted by Crippen LogP contribution is -2.74. The molecule has 2 aliphatic rings. The molecule has 4 unspecified atom stereocenters. The normalized spacial score (nSPS) is 20.4. The molecule has 4 atom stereocenters. The number of benzene rings is 1.